The molecule has 0 fully saturated rings. The number of hydrogen-bond acceptors (Lipinski definition) is 3. The fourth-order valence-electron chi connectivity index (χ4n) is 2.14. The topological polar surface area (TPSA) is 66.4 Å². The lowest BCUT2D eigenvalue weighted by molar-refractivity contribution is 0.248. The van der Waals surface area contributed by atoms with Gasteiger partial charge in [-0.15, -0.1) is 0 Å². The highest BCUT2D eigenvalue weighted by atomic mass is 32.2. The van der Waals surface area contributed by atoms with E-state index in [2.05, 4.69) is 4.72 Å². The van der Waals surface area contributed by atoms with E-state index in [1.165, 1.54) is 25.1 Å². The Hall–Kier alpha value is -1.24. The summed E-state index contributed by atoms with van der Waals surface area (Å²) in [4.78, 5) is -0.0478. The summed E-state index contributed by atoms with van der Waals surface area (Å²) in [5.74, 6) is -0.570. The summed E-state index contributed by atoms with van der Waals surface area (Å²) in [6.45, 7) is 1.43. The molecule has 1 aliphatic carbocycles. The van der Waals surface area contributed by atoms with Crippen LogP contribution in [0, 0.1) is 18.7 Å². The number of aliphatic hydroxyl groups excluding tert-OH is 1. The van der Waals surface area contributed by atoms with Crippen molar-refractivity contribution >= 4 is 10.0 Å². The molecule has 0 radical (unpaired) electrons. The third-order valence-electron chi connectivity index (χ3n) is 3.22. The molecule has 0 saturated carbocycles. The third kappa shape index (κ3) is 3.02. The Bertz CT molecular complexity index is 598. The number of benzene rings is 1. The maximum Gasteiger partial charge on any atom is 0.241 e. The Morgan fingerprint density at radius 2 is 2.16 bits per heavy atom. The summed E-state index contributed by atoms with van der Waals surface area (Å²) in [5.41, 5.74) is 0.107. The second-order valence-electron chi connectivity index (χ2n) is 4.65. The summed E-state index contributed by atoms with van der Waals surface area (Å²) in [6, 6.07) is 3.62. The largest absolute Gasteiger partial charge is 0.396 e. The van der Waals surface area contributed by atoms with E-state index < -0.39 is 15.8 Å². The summed E-state index contributed by atoms with van der Waals surface area (Å²) < 4.78 is 40.3. The van der Waals surface area contributed by atoms with Crippen LogP contribution in [0.25, 0.3) is 0 Å². The van der Waals surface area contributed by atoms with E-state index in [4.69, 9.17) is 5.11 Å². The maximum atomic E-state index is 13.4. The van der Waals surface area contributed by atoms with Crippen molar-refractivity contribution in [1.82, 2.24) is 4.72 Å². The summed E-state index contributed by atoms with van der Waals surface area (Å²) in [7, 11) is -3.75. The van der Waals surface area contributed by atoms with Crippen molar-refractivity contribution in [3.05, 3.63) is 41.7 Å². The fraction of sp³-hybridized carbons (Fsp3) is 0.385. The monoisotopic (exact) mass is 285 g/mol. The van der Waals surface area contributed by atoms with Gasteiger partial charge < -0.3 is 5.11 Å². The van der Waals surface area contributed by atoms with Crippen molar-refractivity contribution in [2.75, 3.05) is 6.61 Å². The van der Waals surface area contributed by atoms with Gasteiger partial charge in [-0.2, -0.15) is 0 Å². The second-order valence-corrected chi connectivity index (χ2v) is 6.34. The molecule has 2 N–H and O–H groups in total. The molecule has 4 nitrogen and oxygen atoms in total. The number of aliphatic hydroxyl groups is 1. The molecule has 6 heteroatoms. The fourth-order valence-corrected chi connectivity index (χ4v) is 3.60. The maximum absolute atomic E-state index is 13.4. The Balaban J connectivity index is 2.20. The first-order valence-electron chi connectivity index (χ1n) is 6.00. The second kappa shape index (κ2) is 5.40. The van der Waals surface area contributed by atoms with Crippen LogP contribution in [-0.2, 0) is 10.0 Å². The van der Waals surface area contributed by atoms with Gasteiger partial charge >= 0.3 is 0 Å². The molecule has 0 unspecified atom stereocenters. The quantitative estimate of drug-likeness (QED) is 0.821. The van der Waals surface area contributed by atoms with Crippen molar-refractivity contribution in [3.63, 3.8) is 0 Å². The summed E-state index contributed by atoms with van der Waals surface area (Å²) in [6.07, 6.45) is 4.02. The van der Waals surface area contributed by atoms with E-state index in [1.807, 2.05) is 0 Å². The minimum absolute atomic E-state index is 0.00623. The zero-order valence-electron chi connectivity index (χ0n) is 10.5. The van der Waals surface area contributed by atoms with Gasteiger partial charge in [0.2, 0.25) is 10.0 Å². The molecule has 0 aliphatic heterocycles. The van der Waals surface area contributed by atoms with E-state index in [0.29, 0.717) is 6.42 Å². The van der Waals surface area contributed by atoms with Gasteiger partial charge in [0.25, 0.3) is 0 Å². The van der Waals surface area contributed by atoms with E-state index in [9.17, 15) is 12.8 Å². The molecule has 0 bridgehead atoms. The predicted molar refractivity (Wildman–Crippen MR) is 69.6 cm³/mol. The highest BCUT2D eigenvalue weighted by molar-refractivity contribution is 7.89. The molecule has 2 atom stereocenters. The molecule has 0 heterocycles. The van der Waals surface area contributed by atoms with E-state index in [1.54, 1.807) is 12.2 Å². The number of rotatable bonds is 4. The Morgan fingerprint density at radius 1 is 1.42 bits per heavy atom. The van der Waals surface area contributed by atoms with Crippen molar-refractivity contribution in [3.8, 4) is 0 Å². The zero-order chi connectivity index (χ0) is 14.0. The normalized spacial score (nSPS) is 22.9. The van der Waals surface area contributed by atoms with Gasteiger partial charge in [0.1, 0.15) is 5.82 Å². The first-order chi connectivity index (χ1) is 8.94. The average Bonchev–Trinajstić information content (AvgIpc) is 2.79. The lowest BCUT2D eigenvalue weighted by Gasteiger charge is -2.14. The van der Waals surface area contributed by atoms with Gasteiger partial charge in [-0.25, -0.2) is 17.5 Å². The van der Waals surface area contributed by atoms with Crippen molar-refractivity contribution < 1.29 is 17.9 Å². The molecule has 19 heavy (non-hydrogen) atoms. The molecule has 104 valence electrons. The molecule has 1 aromatic carbocycles. The minimum Gasteiger partial charge on any atom is -0.396 e. The van der Waals surface area contributed by atoms with Crippen molar-refractivity contribution in [2.24, 2.45) is 5.92 Å². The zero-order valence-corrected chi connectivity index (χ0v) is 11.3. The SMILES string of the molecule is Cc1c(F)cccc1S(=O)(=O)N[C@@H]1C=C[C@H](CO)C1. The summed E-state index contributed by atoms with van der Waals surface area (Å²) in [5, 5.41) is 9.00. The number of halogens is 1. The van der Waals surface area contributed by atoms with Gasteiger partial charge in [0, 0.05) is 24.1 Å². The van der Waals surface area contributed by atoms with Crippen LogP contribution in [0.3, 0.4) is 0 Å². The molecule has 1 aliphatic rings. The van der Waals surface area contributed by atoms with Crippen LogP contribution < -0.4 is 4.72 Å². The molecule has 0 spiro atoms. The minimum atomic E-state index is -3.75. The molecule has 1 aromatic rings. The van der Waals surface area contributed by atoms with Gasteiger partial charge in [0.15, 0.2) is 0 Å². The lowest BCUT2D eigenvalue weighted by atomic mass is 10.1. The van der Waals surface area contributed by atoms with Crippen LogP contribution in [0.1, 0.15) is 12.0 Å². The highest BCUT2D eigenvalue weighted by Crippen LogP contribution is 2.22. The predicted octanol–water partition coefficient (Wildman–Crippen LogP) is 1.35. The Morgan fingerprint density at radius 3 is 2.79 bits per heavy atom. The van der Waals surface area contributed by atoms with Crippen molar-refractivity contribution in [1.29, 1.82) is 0 Å². The van der Waals surface area contributed by atoms with Crippen LogP contribution >= 0.6 is 0 Å². The molecule has 2 rings (SSSR count). The molecular formula is C13H16FNO3S. The van der Waals surface area contributed by atoms with Gasteiger partial charge in [-0.3, -0.25) is 0 Å². The van der Waals surface area contributed by atoms with Crippen LogP contribution in [0.15, 0.2) is 35.2 Å². The highest BCUT2D eigenvalue weighted by Gasteiger charge is 2.25. The van der Waals surface area contributed by atoms with Crippen LogP contribution in [0.2, 0.25) is 0 Å². The van der Waals surface area contributed by atoms with Crippen LogP contribution in [-0.4, -0.2) is 26.2 Å². The average molecular weight is 285 g/mol. The molecule has 0 amide bonds. The first-order valence-corrected chi connectivity index (χ1v) is 7.49. The van der Waals surface area contributed by atoms with E-state index >= 15 is 0 Å². The summed E-state index contributed by atoms with van der Waals surface area (Å²) >= 11 is 0. The Kier molecular flexibility index (Phi) is 4.03. The lowest BCUT2D eigenvalue weighted by Crippen LogP contribution is -2.33. The van der Waals surface area contributed by atoms with Crippen LogP contribution in [0.4, 0.5) is 4.39 Å². The molecular weight excluding hydrogens is 269 g/mol. The molecule has 0 saturated heterocycles. The Labute approximate surface area is 112 Å². The van der Waals surface area contributed by atoms with E-state index in [-0.39, 0.29) is 29.0 Å². The number of nitrogens with one attached hydrogen (secondary N) is 1. The number of hydrogen-bond donors (Lipinski definition) is 2. The molecule has 0 aromatic heterocycles. The van der Waals surface area contributed by atoms with Gasteiger partial charge in [-0.05, 0) is 25.5 Å². The van der Waals surface area contributed by atoms with Crippen molar-refractivity contribution in [2.45, 2.75) is 24.3 Å². The van der Waals surface area contributed by atoms with Gasteiger partial charge in [0.05, 0.1) is 4.90 Å². The standard InChI is InChI=1S/C13H16FNO3S/c1-9-12(14)3-2-4-13(9)19(17,18)15-11-6-5-10(7-11)8-16/h2-6,10-11,15-16H,7-8H2,1H3/t10-,11+/m0/s1. The smallest absolute Gasteiger partial charge is 0.241 e. The van der Waals surface area contributed by atoms with Gasteiger partial charge in [-0.1, -0.05) is 18.2 Å². The van der Waals surface area contributed by atoms with Crippen LogP contribution in [0.5, 0.6) is 0 Å². The third-order valence-corrected chi connectivity index (χ3v) is 4.86. The number of sulfonamides is 1. The first kappa shape index (κ1) is 14.2. The van der Waals surface area contributed by atoms with E-state index in [0.717, 1.165) is 0 Å².